The number of nitrogens with zero attached hydrogens (tertiary/aromatic N) is 4. The Morgan fingerprint density at radius 2 is 1.33 bits per heavy atom. The van der Waals surface area contributed by atoms with Crippen LogP contribution in [0.25, 0.3) is 22.5 Å². The molecule has 0 saturated carbocycles. The summed E-state index contributed by atoms with van der Waals surface area (Å²) < 4.78 is 51.6. The standard InChI is InChI=1S/C13H14N2O.2C11H6F2N.Ir/c16-13-5-3-11(4-6-13)7-9-14-10-12-2-1-8-15-12;2*12-8-4-5-9(10(13)7-8)11-3-1-2-6-14-11;/h1-6,8,10,12,16H,7,9H2;2*1-4,6-7H;/q;2*-1;-3. The summed E-state index contributed by atoms with van der Waals surface area (Å²) in [6, 6.07) is 26.4. The van der Waals surface area contributed by atoms with Gasteiger partial charge in [-0.25, -0.2) is 0 Å². The van der Waals surface area contributed by atoms with E-state index in [-0.39, 0.29) is 37.3 Å². The Balaban J connectivity index is 0.000000183. The smallest absolute Gasteiger partial charge is 0.115 e. The number of benzene rings is 3. The number of aromatic hydroxyl groups is 1. The predicted octanol–water partition coefficient (Wildman–Crippen LogP) is 7.67. The van der Waals surface area contributed by atoms with Crippen LogP contribution in [0.4, 0.5) is 17.6 Å². The van der Waals surface area contributed by atoms with E-state index in [0.717, 1.165) is 37.2 Å². The summed E-state index contributed by atoms with van der Waals surface area (Å²) in [5, 5.41) is 9.12. The molecule has 1 aliphatic rings. The molecule has 0 radical (unpaired) electrons. The second-order valence-electron chi connectivity index (χ2n) is 9.16. The number of allylic oxidation sites excluding steroid dienone is 1. The van der Waals surface area contributed by atoms with Crippen molar-refractivity contribution in [2.45, 2.75) is 12.5 Å². The molecule has 1 atom stereocenters. The molecule has 3 aromatic carbocycles. The maximum Gasteiger partial charge on any atom is 0.115 e. The summed E-state index contributed by atoms with van der Waals surface area (Å²) in [6.45, 7) is 0.755. The number of phenolic OH excluding ortho intramolecular Hbond substituents is 1. The van der Waals surface area contributed by atoms with Crippen molar-refractivity contribution in [2.75, 3.05) is 6.54 Å². The van der Waals surface area contributed by atoms with Gasteiger partial charge in [0.1, 0.15) is 11.8 Å². The third-order valence-corrected chi connectivity index (χ3v) is 5.93. The van der Waals surface area contributed by atoms with Gasteiger partial charge in [0.2, 0.25) is 0 Å². The van der Waals surface area contributed by atoms with Gasteiger partial charge in [-0.1, -0.05) is 65.7 Å². The number of halogens is 4. The number of phenols is 1. The number of hydrogen-bond donors (Lipinski definition) is 1. The van der Waals surface area contributed by atoms with Crippen LogP contribution in [0.15, 0.2) is 119 Å². The van der Waals surface area contributed by atoms with Crippen LogP contribution in [0.1, 0.15) is 5.56 Å². The van der Waals surface area contributed by atoms with E-state index in [1.54, 1.807) is 67.1 Å². The van der Waals surface area contributed by atoms with Gasteiger partial charge < -0.3 is 35.2 Å². The van der Waals surface area contributed by atoms with E-state index >= 15 is 0 Å². The largest absolute Gasteiger partial charge is 3.00 e. The van der Waals surface area contributed by atoms with Crippen LogP contribution in [0, 0.1) is 35.4 Å². The Morgan fingerprint density at radius 3 is 1.78 bits per heavy atom. The molecular formula is C35H26F4IrN4O-5. The van der Waals surface area contributed by atoms with Crippen molar-refractivity contribution < 1.29 is 42.8 Å². The molecule has 0 aliphatic carbocycles. The summed E-state index contributed by atoms with van der Waals surface area (Å²) in [5.74, 6) is -2.27. The monoisotopic (exact) mass is 787 g/mol. The molecule has 0 bridgehead atoms. The first-order chi connectivity index (χ1) is 21.4. The molecule has 5 nitrogen and oxygen atoms in total. The van der Waals surface area contributed by atoms with E-state index in [1.807, 2.05) is 30.5 Å². The normalized spacial score (nSPS) is 12.9. The molecule has 45 heavy (non-hydrogen) atoms. The van der Waals surface area contributed by atoms with Crippen LogP contribution in [0.3, 0.4) is 0 Å². The predicted molar refractivity (Wildman–Crippen MR) is 163 cm³/mol. The Kier molecular flexibility index (Phi) is 14.0. The molecule has 3 heterocycles. The van der Waals surface area contributed by atoms with Gasteiger partial charge in [-0.15, -0.1) is 24.3 Å². The van der Waals surface area contributed by atoms with E-state index < -0.39 is 23.3 Å². The molecule has 2 aromatic heterocycles. The second-order valence-corrected chi connectivity index (χ2v) is 9.16. The van der Waals surface area contributed by atoms with Crippen LogP contribution in [-0.2, 0) is 26.5 Å². The Hall–Kier alpha value is -4.79. The molecule has 0 spiro atoms. The first-order valence-electron chi connectivity index (χ1n) is 13.4. The van der Waals surface area contributed by atoms with E-state index in [4.69, 9.17) is 5.11 Å². The molecule has 0 fully saturated rings. The third kappa shape index (κ3) is 11.3. The van der Waals surface area contributed by atoms with Gasteiger partial charge >= 0.3 is 0 Å². The first kappa shape index (κ1) is 34.7. The van der Waals surface area contributed by atoms with Gasteiger partial charge in [-0.2, -0.15) is 0 Å². The fraction of sp³-hybridized carbons (Fsp3) is 0.0857. The Morgan fingerprint density at radius 1 is 0.778 bits per heavy atom. The molecule has 0 amide bonds. The summed E-state index contributed by atoms with van der Waals surface area (Å²) >= 11 is 0. The summed E-state index contributed by atoms with van der Waals surface area (Å²) in [5.41, 5.74) is 2.45. The van der Waals surface area contributed by atoms with E-state index in [0.29, 0.717) is 17.1 Å². The van der Waals surface area contributed by atoms with Crippen LogP contribution >= 0.6 is 0 Å². The van der Waals surface area contributed by atoms with Crippen molar-refractivity contribution in [3.8, 4) is 28.3 Å². The molecule has 234 valence electrons. The maximum atomic E-state index is 13.2. The van der Waals surface area contributed by atoms with Gasteiger partial charge in [-0.3, -0.25) is 27.5 Å². The van der Waals surface area contributed by atoms with Crippen LogP contribution in [0.2, 0.25) is 0 Å². The summed E-state index contributed by atoms with van der Waals surface area (Å²) in [7, 11) is 0. The minimum absolute atomic E-state index is 0. The van der Waals surface area contributed by atoms with Gasteiger partial charge in [-0.05, 0) is 53.7 Å². The molecule has 0 saturated heterocycles. The number of rotatable bonds is 6. The van der Waals surface area contributed by atoms with Crippen molar-refractivity contribution in [1.82, 2.24) is 9.97 Å². The minimum atomic E-state index is -0.649. The molecule has 1 aliphatic heterocycles. The maximum absolute atomic E-state index is 13.2. The minimum Gasteiger partial charge on any atom is -3.00 e. The molecule has 5 aromatic rings. The molecule has 1 N–H and O–H groups in total. The zero-order chi connectivity index (χ0) is 31.1. The first-order valence-corrected chi connectivity index (χ1v) is 13.4. The molecule has 10 heteroatoms. The summed E-state index contributed by atoms with van der Waals surface area (Å²) in [6.07, 6.45) is 11.6. The molecular weight excluding hydrogens is 761 g/mol. The molecule has 1 unspecified atom stereocenters. The Bertz CT molecular complexity index is 1620. The van der Waals surface area contributed by atoms with Crippen LogP contribution in [-0.4, -0.2) is 40.1 Å². The average molecular weight is 787 g/mol. The van der Waals surface area contributed by atoms with E-state index in [2.05, 4.69) is 32.1 Å². The van der Waals surface area contributed by atoms with Crippen molar-refractivity contribution in [3.05, 3.63) is 150 Å². The third-order valence-electron chi connectivity index (χ3n) is 5.93. The van der Waals surface area contributed by atoms with Crippen LogP contribution < -0.4 is 0 Å². The topological polar surface area (TPSA) is 70.7 Å². The van der Waals surface area contributed by atoms with Crippen molar-refractivity contribution >= 4 is 12.4 Å². The summed E-state index contributed by atoms with van der Waals surface area (Å²) in [4.78, 5) is 16.4. The van der Waals surface area contributed by atoms with Gasteiger partial charge in [0, 0.05) is 54.6 Å². The van der Waals surface area contributed by atoms with E-state index in [1.165, 1.54) is 5.56 Å². The Labute approximate surface area is 272 Å². The fourth-order valence-corrected chi connectivity index (χ4v) is 3.79. The quantitative estimate of drug-likeness (QED) is 0.109. The number of aliphatic imine (C=N–C) groups is 2. The van der Waals surface area contributed by atoms with Crippen LogP contribution in [0.5, 0.6) is 5.75 Å². The van der Waals surface area contributed by atoms with Gasteiger partial charge in [0.25, 0.3) is 0 Å². The number of pyridine rings is 2. The zero-order valence-electron chi connectivity index (χ0n) is 23.6. The zero-order valence-corrected chi connectivity index (χ0v) is 26.0. The SMILES string of the molecule is Fc1c[c-]c(-c2ccccn2)c(F)c1.Fc1c[c-]c(-c2ccccn2)c(F)c1.Oc1ccc(CCN=CC2C=CC=N2)cc1.[Ir-3]. The molecule has 6 rings (SSSR count). The van der Waals surface area contributed by atoms with Crippen molar-refractivity contribution in [1.29, 1.82) is 0 Å². The van der Waals surface area contributed by atoms with Gasteiger partial charge in [0.05, 0.1) is 0 Å². The second kappa shape index (κ2) is 18.1. The van der Waals surface area contributed by atoms with Crippen molar-refractivity contribution in [3.63, 3.8) is 0 Å². The number of hydrogen-bond acceptors (Lipinski definition) is 5. The average Bonchev–Trinajstić information content (AvgIpc) is 3.56. The van der Waals surface area contributed by atoms with Gasteiger partial charge in [0.15, 0.2) is 0 Å². The van der Waals surface area contributed by atoms with Crippen molar-refractivity contribution in [2.24, 2.45) is 9.98 Å². The van der Waals surface area contributed by atoms with E-state index in [9.17, 15) is 17.6 Å². The number of aromatic nitrogens is 2. The fourth-order valence-electron chi connectivity index (χ4n) is 3.79.